The molecule has 1 aromatic heterocycles. The van der Waals surface area contributed by atoms with E-state index in [0.29, 0.717) is 43.4 Å². The number of benzene rings is 1. The van der Waals surface area contributed by atoms with Gasteiger partial charge in [0.1, 0.15) is 11.4 Å². The van der Waals surface area contributed by atoms with Crippen LogP contribution < -0.4 is 9.64 Å². The molecule has 0 atom stereocenters. The van der Waals surface area contributed by atoms with Crippen molar-refractivity contribution in [3.05, 3.63) is 54.0 Å². The Morgan fingerprint density at radius 3 is 2.00 bits per heavy atom. The molecular formula is C24H29N5O3. The molecule has 1 fully saturated rings. The topological polar surface area (TPSA) is 78.9 Å². The fourth-order valence-corrected chi connectivity index (χ4v) is 4.11. The molecule has 168 valence electrons. The number of ether oxygens (including phenoxy) is 1. The fraction of sp³-hybridized carbons (Fsp3) is 0.417. The third-order valence-corrected chi connectivity index (χ3v) is 5.55. The molecular weight excluding hydrogens is 406 g/mol. The molecule has 8 heteroatoms. The summed E-state index contributed by atoms with van der Waals surface area (Å²) < 4.78 is 5.73. The van der Waals surface area contributed by atoms with Crippen molar-refractivity contribution in [3.63, 3.8) is 0 Å². The van der Waals surface area contributed by atoms with Crippen LogP contribution in [0.15, 0.2) is 48.4 Å². The van der Waals surface area contributed by atoms with E-state index in [1.165, 1.54) is 4.90 Å². The minimum absolute atomic E-state index is 0.0617. The third kappa shape index (κ3) is 4.17. The number of carbonyl (C=O) groups is 2. The van der Waals surface area contributed by atoms with Crippen molar-refractivity contribution in [3.8, 4) is 5.75 Å². The molecule has 4 rings (SSSR count). The lowest BCUT2D eigenvalue weighted by Gasteiger charge is -2.36. The maximum Gasteiger partial charge on any atom is 0.278 e. The molecule has 0 spiro atoms. The van der Waals surface area contributed by atoms with Crippen LogP contribution in [0.3, 0.4) is 0 Å². The van der Waals surface area contributed by atoms with Crippen LogP contribution in [0.4, 0.5) is 5.95 Å². The Kier molecular flexibility index (Phi) is 6.12. The molecule has 8 nitrogen and oxygen atoms in total. The lowest BCUT2D eigenvalue weighted by atomic mass is 10.0. The summed E-state index contributed by atoms with van der Waals surface area (Å²) in [5.41, 5.74) is 1.67. The molecule has 3 heterocycles. The SMILES string of the molecule is CC(C)Oc1ccc(C2=C(N3CCN(c4ncccn4)CC3)C(=O)N(C(C)C)C2=O)cc1. The second-order valence-electron chi connectivity index (χ2n) is 8.51. The van der Waals surface area contributed by atoms with Crippen molar-refractivity contribution in [2.45, 2.75) is 39.8 Å². The van der Waals surface area contributed by atoms with Crippen molar-refractivity contribution in [2.24, 2.45) is 0 Å². The van der Waals surface area contributed by atoms with Crippen LogP contribution in [0.1, 0.15) is 33.3 Å². The molecule has 0 bridgehead atoms. The summed E-state index contributed by atoms with van der Waals surface area (Å²) in [6.07, 6.45) is 3.51. The summed E-state index contributed by atoms with van der Waals surface area (Å²) in [6, 6.07) is 8.98. The first-order chi connectivity index (χ1) is 15.4. The number of anilines is 1. The predicted molar refractivity (Wildman–Crippen MR) is 122 cm³/mol. The van der Waals surface area contributed by atoms with Crippen LogP contribution in [0.5, 0.6) is 5.75 Å². The van der Waals surface area contributed by atoms with Gasteiger partial charge >= 0.3 is 0 Å². The van der Waals surface area contributed by atoms with Gasteiger partial charge < -0.3 is 14.5 Å². The zero-order valence-electron chi connectivity index (χ0n) is 19.0. The minimum atomic E-state index is -0.244. The van der Waals surface area contributed by atoms with Gasteiger partial charge in [0, 0.05) is 44.6 Å². The number of hydrogen-bond donors (Lipinski definition) is 0. The first-order valence-electron chi connectivity index (χ1n) is 11.0. The molecule has 1 saturated heterocycles. The minimum Gasteiger partial charge on any atom is -0.491 e. The Balaban J connectivity index is 1.63. The highest BCUT2D eigenvalue weighted by atomic mass is 16.5. The first-order valence-corrected chi connectivity index (χ1v) is 11.0. The Morgan fingerprint density at radius 1 is 0.844 bits per heavy atom. The Hall–Kier alpha value is -3.42. The quantitative estimate of drug-likeness (QED) is 0.645. The van der Waals surface area contributed by atoms with Crippen LogP contribution in [0.2, 0.25) is 0 Å². The highest BCUT2D eigenvalue weighted by Gasteiger charge is 2.43. The number of piperazine rings is 1. The van der Waals surface area contributed by atoms with Crippen LogP contribution in [0.25, 0.3) is 5.57 Å². The second kappa shape index (κ2) is 8.98. The number of amides is 2. The second-order valence-corrected chi connectivity index (χ2v) is 8.51. The number of nitrogens with zero attached hydrogens (tertiary/aromatic N) is 5. The molecule has 0 N–H and O–H groups in total. The van der Waals surface area contributed by atoms with Gasteiger partial charge in [-0.25, -0.2) is 9.97 Å². The van der Waals surface area contributed by atoms with Crippen LogP contribution >= 0.6 is 0 Å². The van der Waals surface area contributed by atoms with E-state index in [4.69, 9.17) is 4.74 Å². The van der Waals surface area contributed by atoms with E-state index in [1.807, 2.05) is 56.9 Å². The van der Waals surface area contributed by atoms with E-state index in [-0.39, 0.29) is 24.0 Å². The fourth-order valence-electron chi connectivity index (χ4n) is 4.11. The zero-order chi connectivity index (χ0) is 22.8. The van der Waals surface area contributed by atoms with Gasteiger partial charge in [-0.1, -0.05) is 12.1 Å². The maximum absolute atomic E-state index is 13.3. The highest BCUT2D eigenvalue weighted by molar-refractivity contribution is 6.35. The zero-order valence-corrected chi connectivity index (χ0v) is 19.0. The lowest BCUT2D eigenvalue weighted by Crippen LogP contribution is -2.48. The summed E-state index contributed by atoms with van der Waals surface area (Å²) in [7, 11) is 0. The van der Waals surface area contributed by atoms with Crippen molar-refractivity contribution in [2.75, 3.05) is 31.1 Å². The highest BCUT2D eigenvalue weighted by Crippen LogP contribution is 2.34. The Bertz CT molecular complexity index is 1010. The molecule has 0 saturated carbocycles. The average Bonchev–Trinajstić information content (AvgIpc) is 3.05. The van der Waals surface area contributed by atoms with E-state index in [2.05, 4.69) is 14.9 Å². The van der Waals surface area contributed by atoms with E-state index < -0.39 is 0 Å². The summed E-state index contributed by atoms with van der Waals surface area (Å²) in [5, 5.41) is 0. The molecule has 0 unspecified atom stereocenters. The van der Waals surface area contributed by atoms with Gasteiger partial charge in [0.15, 0.2) is 0 Å². The summed E-state index contributed by atoms with van der Waals surface area (Å²) in [6.45, 7) is 10.2. The van der Waals surface area contributed by atoms with E-state index in [1.54, 1.807) is 18.5 Å². The van der Waals surface area contributed by atoms with Crippen LogP contribution in [-0.2, 0) is 9.59 Å². The number of imide groups is 1. The van der Waals surface area contributed by atoms with Crippen molar-refractivity contribution in [1.82, 2.24) is 19.8 Å². The predicted octanol–water partition coefficient (Wildman–Crippen LogP) is 2.57. The van der Waals surface area contributed by atoms with Gasteiger partial charge in [-0.3, -0.25) is 14.5 Å². The molecule has 0 aliphatic carbocycles. The van der Waals surface area contributed by atoms with Gasteiger partial charge in [0.2, 0.25) is 5.95 Å². The van der Waals surface area contributed by atoms with Crippen LogP contribution in [-0.4, -0.2) is 69.9 Å². The third-order valence-electron chi connectivity index (χ3n) is 5.55. The van der Waals surface area contributed by atoms with Crippen molar-refractivity contribution >= 4 is 23.3 Å². The average molecular weight is 436 g/mol. The molecule has 2 aromatic rings. The monoisotopic (exact) mass is 435 g/mol. The van der Waals surface area contributed by atoms with Gasteiger partial charge in [-0.15, -0.1) is 0 Å². The van der Waals surface area contributed by atoms with E-state index in [9.17, 15) is 9.59 Å². The van der Waals surface area contributed by atoms with Gasteiger partial charge in [-0.2, -0.15) is 0 Å². The number of carbonyl (C=O) groups excluding carboxylic acids is 2. The number of rotatable bonds is 6. The Morgan fingerprint density at radius 2 is 1.44 bits per heavy atom. The maximum atomic E-state index is 13.3. The van der Waals surface area contributed by atoms with Gasteiger partial charge in [-0.05, 0) is 51.5 Å². The molecule has 32 heavy (non-hydrogen) atoms. The summed E-state index contributed by atoms with van der Waals surface area (Å²) in [4.78, 5) is 40.8. The number of hydrogen-bond acceptors (Lipinski definition) is 7. The summed E-state index contributed by atoms with van der Waals surface area (Å²) in [5.74, 6) is 0.942. The molecule has 2 amide bonds. The van der Waals surface area contributed by atoms with E-state index >= 15 is 0 Å². The lowest BCUT2D eigenvalue weighted by molar-refractivity contribution is -0.139. The van der Waals surface area contributed by atoms with Gasteiger partial charge in [0.25, 0.3) is 11.8 Å². The standard InChI is InChI=1S/C24H29N5O3/c1-16(2)29-22(30)20(18-6-8-19(9-7-18)32-17(3)4)21(23(29)31)27-12-14-28(15-13-27)24-25-10-5-11-26-24/h5-11,16-17H,12-15H2,1-4H3. The first kappa shape index (κ1) is 21.8. The summed E-state index contributed by atoms with van der Waals surface area (Å²) >= 11 is 0. The normalized spacial score (nSPS) is 17.2. The number of aromatic nitrogens is 2. The smallest absolute Gasteiger partial charge is 0.278 e. The Labute approximate surface area is 188 Å². The van der Waals surface area contributed by atoms with Crippen molar-refractivity contribution in [1.29, 1.82) is 0 Å². The largest absolute Gasteiger partial charge is 0.491 e. The van der Waals surface area contributed by atoms with Crippen molar-refractivity contribution < 1.29 is 14.3 Å². The van der Waals surface area contributed by atoms with Crippen LogP contribution in [0, 0.1) is 0 Å². The van der Waals surface area contributed by atoms with E-state index in [0.717, 1.165) is 11.3 Å². The van der Waals surface area contributed by atoms with Gasteiger partial charge in [0.05, 0.1) is 11.7 Å². The molecule has 1 aromatic carbocycles. The molecule has 2 aliphatic heterocycles. The molecule has 0 radical (unpaired) electrons. The molecule has 2 aliphatic rings.